The molecule has 1 aromatic heterocycles. The largest absolute Gasteiger partial charge is 0.316 e. The highest BCUT2D eigenvalue weighted by Crippen LogP contribution is 2.19. The second-order valence-electron chi connectivity index (χ2n) is 4.95. The lowest BCUT2D eigenvalue weighted by atomic mass is 9.88. The number of carbonyl (C=O) groups excluding carboxylic acids is 1. The number of anilines is 1. The first-order valence-corrected chi connectivity index (χ1v) is 6.14. The van der Waals surface area contributed by atoms with E-state index in [-0.39, 0.29) is 17.9 Å². The van der Waals surface area contributed by atoms with Crippen molar-refractivity contribution >= 4 is 11.7 Å². The molecule has 0 bridgehead atoms. The van der Waals surface area contributed by atoms with Gasteiger partial charge in [0.1, 0.15) is 5.82 Å². The Bertz CT molecular complexity index is 395. The lowest BCUT2D eigenvalue weighted by Crippen LogP contribution is -2.48. The standard InChI is InChI=1S/C12H20N4O/c1-8(2)16-11(4-5-14-16)15-12(17)9(3)10-6-13-7-10/h4-5,8-10,13H,6-7H2,1-3H3,(H,15,17). The maximum atomic E-state index is 12.0. The molecule has 2 heterocycles. The predicted octanol–water partition coefficient (Wildman–Crippen LogP) is 1.26. The Balaban J connectivity index is 1.99. The van der Waals surface area contributed by atoms with Crippen LogP contribution in [0.1, 0.15) is 26.8 Å². The van der Waals surface area contributed by atoms with E-state index in [0.717, 1.165) is 18.9 Å². The summed E-state index contributed by atoms with van der Waals surface area (Å²) >= 11 is 0. The van der Waals surface area contributed by atoms with Crippen LogP contribution in [0.5, 0.6) is 0 Å². The molecule has 1 aliphatic heterocycles. The van der Waals surface area contributed by atoms with Gasteiger partial charge < -0.3 is 10.6 Å². The SMILES string of the molecule is CC(C(=O)Nc1ccnn1C(C)C)C1CNC1. The minimum Gasteiger partial charge on any atom is -0.316 e. The fourth-order valence-electron chi connectivity index (χ4n) is 1.94. The van der Waals surface area contributed by atoms with E-state index in [9.17, 15) is 4.79 Å². The van der Waals surface area contributed by atoms with Crippen LogP contribution in [0.3, 0.4) is 0 Å². The summed E-state index contributed by atoms with van der Waals surface area (Å²) in [7, 11) is 0. The molecule has 5 nitrogen and oxygen atoms in total. The van der Waals surface area contributed by atoms with Gasteiger partial charge in [-0.15, -0.1) is 0 Å². The Morgan fingerprint density at radius 1 is 1.53 bits per heavy atom. The highest BCUT2D eigenvalue weighted by atomic mass is 16.2. The lowest BCUT2D eigenvalue weighted by molar-refractivity contribution is -0.121. The summed E-state index contributed by atoms with van der Waals surface area (Å²) in [5.41, 5.74) is 0. The second kappa shape index (κ2) is 4.87. The maximum Gasteiger partial charge on any atom is 0.228 e. The average Bonchev–Trinajstić information content (AvgIpc) is 2.62. The first-order chi connectivity index (χ1) is 8.09. The number of amides is 1. The number of aromatic nitrogens is 2. The smallest absolute Gasteiger partial charge is 0.228 e. The maximum absolute atomic E-state index is 12.0. The molecule has 0 radical (unpaired) electrons. The molecule has 0 aromatic carbocycles. The van der Waals surface area contributed by atoms with E-state index in [1.54, 1.807) is 6.20 Å². The van der Waals surface area contributed by atoms with Crippen molar-refractivity contribution < 1.29 is 4.79 Å². The molecular weight excluding hydrogens is 216 g/mol. The van der Waals surface area contributed by atoms with Crippen LogP contribution >= 0.6 is 0 Å². The van der Waals surface area contributed by atoms with E-state index in [0.29, 0.717) is 5.92 Å². The molecule has 94 valence electrons. The van der Waals surface area contributed by atoms with Crippen LogP contribution in [-0.2, 0) is 4.79 Å². The van der Waals surface area contributed by atoms with Crippen molar-refractivity contribution in [2.75, 3.05) is 18.4 Å². The molecule has 1 aliphatic rings. The lowest BCUT2D eigenvalue weighted by Gasteiger charge is -2.31. The fraction of sp³-hybridized carbons (Fsp3) is 0.667. The average molecular weight is 236 g/mol. The van der Waals surface area contributed by atoms with E-state index in [1.807, 2.05) is 31.5 Å². The number of hydrogen-bond acceptors (Lipinski definition) is 3. The Morgan fingerprint density at radius 3 is 2.76 bits per heavy atom. The molecule has 2 N–H and O–H groups in total. The first kappa shape index (κ1) is 12.1. The number of nitrogens with one attached hydrogen (secondary N) is 2. The van der Waals surface area contributed by atoms with Gasteiger partial charge in [0.05, 0.1) is 6.20 Å². The Kier molecular flexibility index (Phi) is 3.47. The van der Waals surface area contributed by atoms with Crippen molar-refractivity contribution in [3.8, 4) is 0 Å². The van der Waals surface area contributed by atoms with Gasteiger partial charge in [-0.25, -0.2) is 4.68 Å². The molecule has 0 aliphatic carbocycles. The number of nitrogens with zero attached hydrogens (tertiary/aromatic N) is 2. The molecule has 1 unspecified atom stereocenters. The van der Waals surface area contributed by atoms with Crippen LogP contribution in [0.15, 0.2) is 12.3 Å². The van der Waals surface area contributed by atoms with Crippen molar-refractivity contribution in [3.05, 3.63) is 12.3 Å². The first-order valence-electron chi connectivity index (χ1n) is 6.14. The van der Waals surface area contributed by atoms with Crippen LogP contribution in [0, 0.1) is 11.8 Å². The minimum absolute atomic E-state index is 0.0479. The van der Waals surface area contributed by atoms with E-state index in [2.05, 4.69) is 15.7 Å². The molecule has 5 heteroatoms. The van der Waals surface area contributed by atoms with E-state index in [4.69, 9.17) is 0 Å². The van der Waals surface area contributed by atoms with Crippen LogP contribution in [0.4, 0.5) is 5.82 Å². The third-order valence-electron chi connectivity index (χ3n) is 3.34. The van der Waals surface area contributed by atoms with Gasteiger partial charge in [-0.05, 0) is 32.9 Å². The summed E-state index contributed by atoms with van der Waals surface area (Å²) < 4.78 is 1.82. The number of rotatable bonds is 4. The van der Waals surface area contributed by atoms with Crippen LogP contribution in [0.2, 0.25) is 0 Å². The Labute approximate surface area is 102 Å². The molecule has 1 aromatic rings. The summed E-state index contributed by atoms with van der Waals surface area (Å²) in [6.45, 7) is 7.96. The van der Waals surface area contributed by atoms with Gasteiger partial charge in [-0.2, -0.15) is 5.10 Å². The molecule has 1 amide bonds. The van der Waals surface area contributed by atoms with E-state index >= 15 is 0 Å². The van der Waals surface area contributed by atoms with Gasteiger partial charge in [0, 0.05) is 18.0 Å². The van der Waals surface area contributed by atoms with Gasteiger partial charge in [-0.1, -0.05) is 6.92 Å². The van der Waals surface area contributed by atoms with Crippen molar-refractivity contribution in [2.45, 2.75) is 26.8 Å². The zero-order chi connectivity index (χ0) is 12.4. The van der Waals surface area contributed by atoms with Crippen molar-refractivity contribution in [2.24, 2.45) is 11.8 Å². The third-order valence-corrected chi connectivity index (χ3v) is 3.34. The predicted molar refractivity (Wildman–Crippen MR) is 66.8 cm³/mol. The van der Waals surface area contributed by atoms with Crippen molar-refractivity contribution in [3.63, 3.8) is 0 Å². The molecule has 2 rings (SSSR count). The van der Waals surface area contributed by atoms with Crippen LogP contribution in [0.25, 0.3) is 0 Å². The van der Waals surface area contributed by atoms with Gasteiger partial charge in [-0.3, -0.25) is 4.79 Å². The zero-order valence-corrected chi connectivity index (χ0v) is 10.6. The Hall–Kier alpha value is -1.36. The van der Waals surface area contributed by atoms with E-state index in [1.165, 1.54) is 0 Å². The molecular formula is C12H20N4O. The summed E-state index contributed by atoms with van der Waals surface area (Å²) in [5.74, 6) is 1.38. The van der Waals surface area contributed by atoms with Crippen LogP contribution < -0.4 is 10.6 Å². The third kappa shape index (κ3) is 2.49. The summed E-state index contributed by atoms with van der Waals surface area (Å²) in [6, 6.07) is 2.09. The Morgan fingerprint density at radius 2 is 2.24 bits per heavy atom. The van der Waals surface area contributed by atoms with Gasteiger partial charge >= 0.3 is 0 Å². The van der Waals surface area contributed by atoms with Crippen molar-refractivity contribution in [1.29, 1.82) is 0 Å². The molecule has 1 fully saturated rings. The summed E-state index contributed by atoms with van der Waals surface area (Å²) in [6.07, 6.45) is 1.71. The highest BCUT2D eigenvalue weighted by Gasteiger charge is 2.29. The molecule has 0 spiro atoms. The highest BCUT2D eigenvalue weighted by molar-refractivity contribution is 5.91. The van der Waals surface area contributed by atoms with E-state index < -0.39 is 0 Å². The molecule has 0 saturated carbocycles. The van der Waals surface area contributed by atoms with Gasteiger partial charge in [0.2, 0.25) is 5.91 Å². The summed E-state index contributed by atoms with van der Waals surface area (Å²) in [4.78, 5) is 12.0. The quantitative estimate of drug-likeness (QED) is 0.827. The minimum atomic E-state index is 0.0479. The monoisotopic (exact) mass is 236 g/mol. The van der Waals surface area contributed by atoms with Crippen LogP contribution in [-0.4, -0.2) is 28.8 Å². The number of carbonyl (C=O) groups is 1. The molecule has 1 atom stereocenters. The van der Waals surface area contributed by atoms with Crippen molar-refractivity contribution in [1.82, 2.24) is 15.1 Å². The van der Waals surface area contributed by atoms with Gasteiger partial charge in [0.15, 0.2) is 0 Å². The molecule has 17 heavy (non-hydrogen) atoms. The fourth-order valence-corrected chi connectivity index (χ4v) is 1.94. The zero-order valence-electron chi connectivity index (χ0n) is 10.6. The number of hydrogen-bond donors (Lipinski definition) is 2. The topological polar surface area (TPSA) is 59.0 Å². The second-order valence-corrected chi connectivity index (χ2v) is 4.95. The molecule has 1 saturated heterocycles. The summed E-state index contributed by atoms with van der Waals surface area (Å²) in [5, 5.41) is 10.3. The normalized spacial score (nSPS) is 17.9. The van der Waals surface area contributed by atoms with Gasteiger partial charge in [0.25, 0.3) is 0 Å².